The van der Waals surface area contributed by atoms with Gasteiger partial charge in [0.25, 0.3) is 0 Å². The first-order valence-electron chi connectivity index (χ1n) is 6.34. The van der Waals surface area contributed by atoms with E-state index in [1.54, 1.807) is 0 Å². The summed E-state index contributed by atoms with van der Waals surface area (Å²) in [5.41, 5.74) is 5.44. The zero-order valence-electron chi connectivity index (χ0n) is 10.5. The van der Waals surface area contributed by atoms with Crippen LogP contribution in [0.3, 0.4) is 0 Å². The normalized spacial score (nSPS) is 13.9. The molecule has 3 rings (SSSR count). The van der Waals surface area contributed by atoms with Crippen LogP contribution in [0.2, 0.25) is 0 Å². The topological polar surface area (TPSA) is 52.8 Å². The highest BCUT2D eigenvalue weighted by molar-refractivity contribution is 6.24. The number of nitrogens with zero attached hydrogens (tertiary/aromatic N) is 1. The van der Waals surface area contributed by atoms with E-state index in [1.807, 2.05) is 36.4 Å². The van der Waals surface area contributed by atoms with Crippen molar-refractivity contribution in [2.24, 2.45) is 4.99 Å². The summed E-state index contributed by atoms with van der Waals surface area (Å²) in [6.07, 6.45) is -0.799. The average Bonchev–Trinajstić information content (AvgIpc) is 2.79. The molecule has 0 unspecified atom stereocenters. The summed E-state index contributed by atoms with van der Waals surface area (Å²) in [5, 5.41) is 18.3. The standard InChI is InChI=1S/C16H15NO2/c18-10-11(19)9-17-16-14-7-3-1-5-12(14)13-6-2-4-8-15(13)16/h1-8,11,18-19H,9-10H2/t11-/m1/s1. The molecule has 0 radical (unpaired) electrons. The average molecular weight is 253 g/mol. The second kappa shape index (κ2) is 4.96. The smallest absolute Gasteiger partial charge is 0.0965 e. The Bertz CT molecular complexity index is 587. The van der Waals surface area contributed by atoms with Gasteiger partial charge in [-0.1, -0.05) is 48.5 Å². The van der Waals surface area contributed by atoms with Gasteiger partial charge in [0.15, 0.2) is 0 Å². The Morgan fingerprint density at radius 3 is 1.79 bits per heavy atom. The van der Waals surface area contributed by atoms with Crippen molar-refractivity contribution in [3.63, 3.8) is 0 Å². The molecule has 0 aromatic heterocycles. The predicted octanol–water partition coefficient (Wildman–Crippen LogP) is 1.86. The molecule has 0 saturated carbocycles. The molecule has 0 fully saturated rings. The Kier molecular flexibility index (Phi) is 3.15. The van der Waals surface area contributed by atoms with E-state index in [0.717, 1.165) is 16.8 Å². The lowest BCUT2D eigenvalue weighted by molar-refractivity contribution is 0.102. The number of rotatable bonds is 3. The van der Waals surface area contributed by atoms with Crippen molar-refractivity contribution < 1.29 is 10.2 Å². The van der Waals surface area contributed by atoms with E-state index < -0.39 is 6.10 Å². The Morgan fingerprint density at radius 1 is 0.842 bits per heavy atom. The number of benzene rings is 2. The molecular formula is C16H15NO2. The summed E-state index contributed by atoms with van der Waals surface area (Å²) < 4.78 is 0. The van der Waals surface area contributed by atoms with E-state index in [4.69, 9.17) is 5.11 Å². The minimum absolute atomic E-state index is 0.217. The van der Waals surface area contributed by atoms with Gasteiger partial charge in [-0.15, -0.1) is 0 Å². The summed E-state index contributed by atoms with van der Waals surface area (Å²) in [6.45, 7) is -0.0470. The molecule has 3 nitrogen and oxygen atoms in total. The van der Waals surface area contributed by atoms with Crippen molar-refractivity contribution in [3.8, 4) is 11.1 Å². The van der Waals surface area contributed by atoms with Crippen molar-refractivity contribution >= 4 is 5.71 Å². The highest BCUT2D eigenvalue weighted by Gasteiger charge is 2.23. The molecule has 0 spiro atoms. The van der Waals surface area contributed by atoms with E-state index in [2.05, 4.69) is 17.1 Å². The lowest BCUT2D eigenvalue weighted by Crippen LogP contribution is -2.17. The van der Waals surface area contributed by atoms with Crippen LogP contribution >= 0.6 is 0 Å². The molecule has 0 bridgehead atoms. The third-order valence-electron chi connectivity index (χ3n) is 3.33. The van der Waals surface area contributed by atoms with Gasteiger partial charge < -0.3 is 10.2 Å². The molecule has 1 aliphatic rings. The van der Waals surface area contributed by atoms with E-state index in [9.17, 15) is 5.11 Å². The fraction of sp³-hybridized carbons (Fsp3) is 0.188. The molecule has 2 aromatic rings. The van der Waals surface area contributed by atoms with Crippen molar-refractivity contribution in [1.82, 2.24) is 0 Å². The first-order valence-corrected chi connectivity index (χ1v) is 6.34. The van der Waals surface area contributed by atoms with Crippen LogP contribution in [0.5, 0.6) is 0 Å². The SMILES string of the molecule is OC[C@H](O)CN=C1c2ccccc2-c2ccccc21. The number of aliphatic hydroxyl groups is 2. The predicted molar refractivity (Wildman–Crippen MR) is 75.5 cm³/mol. The number of aliphatic hydroxyl groups excluding tert-OH is 2. The van der Waals surface area contributed by atoms with Gasteiger partial charge in [0.2, 0.25) is 0 Å². The van der Waals surface area contributed by atoms with Crippen LogP contribution in [-0.2, 0) is 0 Å². The van der Waals surface area contributed by atoms with Crippen molar-refractivity contribution in [2.45, 2.75) is 6.10 Å². The summed E-state index contributed by atoms with van der Waals surface area (Å²) in [6, 6.07) is 16.3. The van der Waals surface area contributed by atoms with Gasteiger partial charge in [-0.25, -0.2) is 0 Å². The number of aliphatic imine (C=N–C) groups is 1. The van der Waals surface area contributed by atoms with Gasteiger partial charge in [0.1, 0.15) is 0 Å². The summed E-state index contributed by atoms with van der Waals surface area (Å²) in [4.78, 5) is 4.48. The Balaban J connectivity index is 2.10. The molecule has 0 saturated heterocycles. The third-order valence-corrected chi connectivity index (χ3v) is 3.33. The lowest BCUT2D eigenvalue weighted by Gasteiger charge is -2.05. The molecule has 19 heavy (non-hydrogen) atoms. The maximum absolute atomic E-state index is 9.46. The Morgan fingerprint density at radius 2 is 1.32 bits per heavy atom. The van der Waals surface area contributed by atoms with E-state index in [-0.39, 0.29) is 13.2 Å². The zero-order valence-corrected chi connectivity index (χ0v) is 10.5. The van der Waals surface area contributed by atoms with Gasteiger partial charge in [0, 0.05) is 11.1 Å². The largest absolute Gasteiger partial charge is 0.394 e. The molecule has 1 aliphatic carbocycles. The molecule has 0 heterocycles. The van der Waals surface area contributed by atoms with Crippen LogP contribution in [0.25, 0.3) is 11.1 Å². The minimum Gasteiger partial charge on any atom is -0.394 e. The second-order valence-corrected chi connectivity index (χ2v) is 4.62. The van der Waals surface area contributed by atoms with Crippen LogP contribution < -0.4 is 0 Å². The van der Waals surface area contributed by atoms with Crippen LogP contribution in [0.15, 0.2) is 53.5 Å². The van der Waals surface area contributed by atoms with E-state index >= 15 is 0 Å². The van der Waals surface area contributed by atoms with E-state index in [1.165, 1.54) is 11.1 Å². The van der Waals surface area contributed by atoms with Crippen LogP contribution in [0, 0.1) is 0 Å². The highest BCUT2D eigenvalue weighted by atomic mass is 16.3. The molecular weight excluding hydrogens is 238 g/mol. The quantitative estimate of drug-likeness (QED) is 0.748. The summed E-state index contributed by atoms with van der Waals surface area (Å²) in [7, 11) is 0. The fourth-order valence-electron chi connectivity index (χ4n) is 2.42. The lowest BCUT2D eigenvalue weighted by atomic mass is 10.1. The third kappa shape index (κ3) is 2.07. The Labute approximate surface area is 111 Å². The van der Waals surface area contributed by atoms with E-state index in [0.29, 0.717) is 0 Å². The molecule has 0 aliphatic heterocycles. The number of hydrogen-bond donors (Lipinski definition) is 2. The number of fused-ring (bicyclic) bond motifs is 3. The van der Waals surface area contributed by atoms with Gasteiger partial charge in [-0.05, 0) is 11.1 Å². The molecule has 0 amide bonds. The monoisotopic (exact) mass is 253 g/mol. The first-order chi connectivity index (χ1) is 9.31. The molecule has 1 atom stereocenters. The highest BCUT2D eigenvalue weighted by Crippen LogP contribution is 2.36. The molecule has 3 heteroatoms. The minimum atomic E-state index is -0.799. The summed E-state index contributed by atoms with van der Waals surface area (Å²) >= 11 is 0. The van der Waals surface area contributed by atoms with Crippen molar-refractivity contribution in [3.05, 3.63) is 59.7 Å². The van der Waals surface area contributed by atoms with Gasteiger partial charge in [-0.2, -0.15) is 0 Å². The molecule has 2 aromatic carbocycles. The maximum atomic E-state index is 9.46. The Hall–Kier alpha value is -1.97. The van der Waals surface area contributed by atoms with Crippen LogP contribution in [0.4, 0.5) is 0 Å². The number of hydrogen-bond acceptors (Lipinski definition) is 3. The fourth-order valence-corrected chi connectivity index (χ4v) is 2.42. The van der Waals surface area contributed by atoms with Gasteiger partial charge >= 0.3 is 0 Å². The zero-order chi connectivity index (χ0) is 13.2. The van der Waals surface area contributed by atoms with Gasteiger partial charge in [-0.3, -0.25) is 4.99 Å². The van der Waals surface area contributed by atoms with Crippen LogP contribution in [-0.4, -0.2) is 35.2 Å². The van der Waals surface area contributed by atoms with Gasteiger partial charge in [0.05, 0.1) is 25.0 Å². The summed E-state index contributed by atoms with van der Waals surface area (Å²) in [5.74, 6) is 0. The first kappa shape index (κ1) is 12.1. The molecule has 2 N–H and O–H groups in total. The van der Waals surface area contributed by atoms with Crippen molar-refractivity contribution in [1.29, 1.82) is 0 Å². The van der Waals surface area contributed by atoms with Crippen molar-refractivity contribution in [2.75, 3.05) is 13.2 Å². The van der Waals surface area contributed by atoms with Crippen LogP contribution in [0.1, 0.15) is 11.1 Å². The maximum Gasteiger partial charge on any atom is 0.0965 e. The second-order valence-electron chi connectivity index (χ2n) is 4.62. The molecule has 96 valence electrons.